The third-order valence-corrected chi connectivity index (χ3v) is 7.48. The van der Waals surface area contributed by atoms with Gasteiger partial charge in [-0.2, -0.15) is 4.98 Å². The van der Waals surface area contributed by atoms with E-state index in [0.717, 1.165) is 29.5 Å². The first-order valence-corrected chi connectivity index (χ1v) is 12.9. The number of benzene rings is 5. The Balaban J connectivity index is 1.51. The number of phenols is 1. The summed E-state index contributed by atoms with van der Waals surface area (Å²) in [7, 11) is 0. The number of fused-ring (bicyclic) bond motifs is 5. The largest absolute Gasteiger partial charge is 0.507 e. The maximum absolute atomic E-state index is 10.6. The Labute approximate surface area is 215 Å². The predicted molar refractivity (Wildman–Crippen MR) is 150 cm³/mol. The fraction of sp³-hybridized carbons (Fsp3) is 0.152. The molecule has 1 aliphatic rings. The summed E-state index contributed by atoms with van der Waals surface area (Å²) in [5.74, 6) is 1.17. The molecular formula is C33H26N2O2. The predicted octanol–water partition coefficient (Wildman–Crippen LogP) is 8.30. The highest BCUT2D eigenvalue weighted by Crippen LogP contribution is 2.39. The molecule has 6 aromatic rings. The smallest absolute Gasteiger partial charge is 0.217 e. The summed E-state index contributed by atoms with van der Waals surface area (Å²) in [6.45, 7) is 0. The Morgan fingerprint density at radius 1 is 0.622 bits per heavy atom. The van der Waals surface area contributed by atoms with E-state index in [9.17, 15) is 5.11 Å². The second kappa shape index (κ2) is 8.90. The van der Waals surface area contributed by atoms with Gasteiger partial charge in [0.05, 0.1) is 11.3 Å². The molecule has 1 saturated carbocycles. The van der Waals surface area contributed by atoms with Gasteiger partial charge in [-0.15, -0.1) is 0 Å². The van der Waals surface area contributed by atoms with Crippen molar-refractivity contribution in [3.8, 4) is 34.3 Å². The lowest BCUT2D eigenvalue weighted by Crippen LogP contribution is -2.12. The van der Waals surface area contributed by atoms with Gasteiger partial charge in [-0.25, -0.2) is 4.98 Å². The second-order valence-electron chi connectivity index (χ2n) is 9.81. The molecular weight excluding hydrogens is 456 g/mol. The van der Waals surface area contributed by atoms with Crippen molar-refractivity contribution >= 4 is 32.3 Å². The fourth-order valence-electron chi connectivity index (χ4n) is 5.66. The Hall–Kier alpha value is -4.44. The van der Waals surface area contributed by atoms with E-state index in [1.165, 1.54) is 39.8 Å². The quantitative estimate of drug-likeness (QED) is 0.257. The maximum Gasteiger partial charge on any atom is 0.217 e. The molecule has 7 rings (SSSR count). The molecule has 1 aliphatic carbocycles. The van der Waals surface area contributed by atoms with Crippen LogP contribution in [-0.4, -0.2) is 21.2 Å². The summed E-state index contributed by atoms with van der Waals surface area (Å²) < 4.78 is 6.38. The second-order valence-corrected chi connectivity index (χ2v) is 9.81. The van der Waals surface area contributed by atoms with E-state index in [1.54, 1.807) is 12.1 Å². The van der Waals surface area contributed by atoms with Crippen molar-refractivity contribution in [3.63, 3.8) is 0 Å². The average molecular weight is 483 g/mol. The summed E-state index contributed by atoms with van der Waals surface area (Å²) >= 11 is 0. The van der Waals surface area contributed by atoms with Crippen molar-refractivity contribution in [3.05, 3.63) is 97.1 Å². The van der Waals surface area contributed by atoms with Crippen molar-refractivity contribution in [1.82, 2.24) is 9.97 Å². The summed E-state index contributed by atoms with van der Waals surface area (Å²) in [5.41, 5.74) is 2.40. The minimum atomic E-state index is 0.154. The highest BCUT2D eigenvalue weighted by Gasteiger charge is 2.20. The standard InChI is InChI=1S/C33H26N2O2/c36-31-16-8-7-15-27(31)33-34-30(20-32(35-33)37-22-10-2-3-11-22)29-19-28-23-12-4-1-9-21(23)17-18-26(28)24-13-5-6-14-25(24)29/h1,4-9,12-20,22,36H,2-3,10-11H2. The number of hydrogen-bond acceptors (Lipinski definition) is 4. The molecule has 37 heavy (non-hydrogen) atoms. The van der Waals surface area contributed by atoms with Gasteiger partial charge in [0, 0.05) is 11.6 Å². The number of phenolic OH excluding ortho intramolecular Hbond substituents is 1. The van der Waals surface area contributed by atoms with Gasteiger partial charge in [-0.05, 0) is 76.2 Å². The van der Waals surface area contributed by atoms with Gasteiger partial charge in [-0.3, -0.25) is 0 Å². The molecule has 0 bridgehead atoms. The zero-order chi connectivity index (χ0) is 24.8. The number of aromatic nitrogens is 2. The summed E-state index contributed by atoms with van der Waals surface area (Å²) in [6, 6.07) is 32.8. The lowest BCUT2D eigenvalue weighted by atomic mass is 9.92. The van der Waals surface area contributed by atoms with E-state index >= 15 is 0 Å². The van der Waals surface area contributed by atoms with Crippen molar-refractivity contribution in [1.29, 1.82) is 0 Å². The molecule has 1 N–H and O–H groups in total. The van der Waals surface area contributed by atoms with Crippen molar-refractivity contribution < 1.29 is 9.84 Å². The summed E-state index contributed by atoms with van der Waals surface area (Å²) in [5, 5.41) is 17.7. The van der Waals surface area contributed by atoms with Gasteiger partial charge in [0.15, 0.2) is 5.82 Å². The highest BCUT2D eigenvalue weighted by molar-refractivity contribution is 6.20. The van der Waals surface area contributed by atoms with Gasteiger partial charge < -0.3 is 9.84 Å². The lowest BCUT2D eigenvalue weighted by Gasteiger charge is -2.16. The average Bonchev–Trinajstić information content (AvgIpc) is 3.45. The van der Waals surface area contributed by atoms with Crippen LogP contribution in [0.1, 0.15) is 25.7 Å². The number of aromatic hydroxyl groups is 1. The minimum absolute atomic E-state index is 0.154. The molecule has 0 spiro atoms. The van der Waals surface area contributed by atoms with Crippen LogP contribution in [0.5, 0.6) is 11.6 Å². The van der Waals surface area contributed by atoms with Crippen molar-refractivity contribution in [2.75, 3.05) is 0 Å². The van der Waals surface area contributed by atoms with Crippen LogP contribution >= 0.6 is 0 Å². The van der Waals surface area contributed by atoms with Crippen LogP contribution in [0.2, 0.25) is 0 Å². The van der Waals surface area contributed by atoms with E-state index < -0.39 is 0 Å². The van der Waals surface area contributed by atoms with Gasteiger partial charge in [0.2, 0.25) is 5.88 Å². The van der Waals surface area contributed by atoms with E-state index in [-0.39, 0.29) is 11.9 Å². The number of ether oxygens (including phenoxy) is 1. The molecule has 1 aromatic heterocycles. The van der Waals surface area contributed by atoms with Crippen molar-refractivity contribution in [2.24, 2.45) is 0 Å². The van der Waals surface area contributed by atoms with Crippen LogP contribution < -0.4 is 4.74 Å². The minimum Gasteiger partial charge on any atom is -0.507 e. The molecule has 1 heterocycles. The van der Waals surface area contributed by atoms with E-state index in [2.05, 4.69) is 66.7 Å². The van der Waals surface area contributed by atoms with Crippen LogP contribution in [0.3, 0.4) is 0 Å². The van der Waals surface area contributed by atoms with Crippen LogP contribution in [0.4, 0.5) is 0 Å². The number of rotatable bonds is 4. The molecule has 0 aliphatic heterocycles. The molecule has 0 amide bonds. The number of nitrogens with zero attached hydrogens (tertiary/aromatic N) is 2. The summed E-state index contributed by atoms with van der Waals surface area (Å²) in [4.78, 5) is 9.75. The van der Waals surface area contributed by atoms with Crippen LogP contribution in [0.25, 0.3) is 55.0 Å². The van der Waals surface area contributed by atoms with Crippen molar-refractivity contribution in [2.45, 2.75) is 31.8 Å². The normalized spacial score (nSPS) is 14.1. The first-order chi connectivity index (χ1) is 18.2. The molecule has 4 nitrogen and oxygen atoms in total. The SMILES string of the molecule is Oc1ccccc1-c1nc(OC2CCCC2)cc(-c2cc3c4ccccc4ccc3c3ccccc23)n1. The highest BCUT2D eigenvalue weighted by atomic mass is 16.5. The van der Waals surface area contributed by atoms with Crippen LogP contribution in [-0.2, 0) is 0 Å². The lowest BCUT2D eigenvalue weighted by molar-refractivity contribution is 0.201. The first-order valence-electron chi connectivity index (χ1n) is 12.9. The van der Waals surface area contributed by atoms with Gasteiger partial charge in [0.1, 0.15) is 11.9 Å². The van der Waals surface area contributed by atoms with Gasteiger partial charge in [-0.1, -0.05) is 72.8 Å². The van der Waals surface area contributed by atoms with E-state index in [1.807, 2.05) is 18.2 Å². The number of hydrogen-bond donors (Lipinski definition) is 1. The molecule has 1 fully saturated rings. The monoisotopic (exact) mass is 482 g/mol. The zero-order valence-electron chi connectivity index (χ0n) is 20.4. The summed E-state index contributed by atoms with van der Waals surface area (Å²) in [6.07, 6.45) is 4.60. The molecule has 0 saturated heterocycles. The Morgan fingerprint density at radius 2 is 1.32 bits per heavy atom. The molecule has 4 heteroatoms. The topological polar surface area (TPSA) is 55.2 Å². The zero-order valence-corrected chi connectivity index (χ0v) is 20.4. The molecule has 0 unspecified atom stereocenters. The van der Waals surface area contributed by atoms with Gasteiger partial charge in [0.25, 0.3) is 0 Å². The van der Waals surface area contributed by atoms with Crippen LogP contribution in [0.15, 0.2) is 97.1 Å². The Bertz CT molecular complexity index is 1790. The number of para-hydroxylation sites is 1. The Kier molecular flexibility index (Phi) is 5.24. The molecule has 180 valence electrons. The first kappa shape index (κ1) is 21.8. The maximum atomic E-state index is 10.6. The van der Waals surface area contributed by atoms with Crippen LogP contribution in [0, 0.1) is 0 Å². The molecule has 0 atom stereocenters. The third-order valence-electron chi connectivity index (χ3n) is 7.48. The van der Waals surface area contributed by atoms with E-state index in [0.29, 0.717) is 17.3 Å². The molecule has 5 aromatic carbocycles. The fourth-order valence-corrected chi connectivity index (χ4v) is 5.66. The van der Waals surface area contributed by atoms with E-state index in [4.69, 9.17) is 14.7 Å². The Morgan fingerprint density at radius 3 is 2.16 bits per heavy atom. The third kappa shape index (κ3) is 3.86. The molecule has 0 radical (unpaired) electrons. The van der Waals surface area contributed by atoms with Gasteiger partial charge >= 0.3 is 0 Å².